The smallest absolute Gasteiger partial charge is 0.194 e. The summed E-state index contributed by atoms with van der Waals surface area (Å²) in [6.07, 6.45) is 8.40. The highest BCUT2D eigenvalue weighted by molar-refractivity contribution is 5.87. The summed E-state index contributed by atoms with van der Waals surface area (Å²) < 4.78 is 55.9. The van der Waals surface area contributed by atoms with Gasteiger partial charge >= 0.3 is 0 Å². The van der Waals surface area contributed by atoms with E-state index in [2.05, 4.69) is 6.92 Å². The van der Waals surface area contributed by atoms with E-state index in [9.17, 15) is 17.6 Å². The van der Waals surface area contributed by atoms with Crippen LogP contribution in [0.25, 0.3) is 10.8 Å². The molecule has 3 aromatic rings. The van der Waals surface area contributed by atoms with E-state index in [1.165, 1.54) is 25.3 Å². The summed E-state index contributed by atoms with van der Waals surface area (Å²) >= 11 is 0. The Balaban J connectivity index is 1.75. The molecule has 0 N–H and O–H groups in total. The van der Waals surface area contributed by atoms with Crippen molar-refractivity contribution < 1.29 is 17.6 Å². The van der Waals surface area contributed by atoms with Crippen molar-refractivity contribution in [2.24, 2.45) is 5.92 Å². The highest BCUT2D eigenvalue weighted by Gasteiger charge is 2.32. The van der Waals surface area contributed by atoms with Gasteiger partial charge in [0.2, 0.25) is 0 Å². The third-order valence-electron chi connectivity index (χ3n) is 6.75. The predicted molar refractivity (Wildman–Crippen MR) is 117 cm³/mol. The van der Waals surface area contributed by atoms with Gasteiger partial charge in [-0.1, -0.05) is 57.2 Å². The Bertz CT molecular complexity index is 1050. The topological polar surface area (TPSA) is 0 Å². The number of benzene rings is 3. The van der Waals surface area contributed by atoms with Crippen LogP contribution < -0.4 is 0 Å². The molecule has 3 aromatic carbocycles. The lowest BCUT2D eigenvalue weighted by Crippen LogP contribution is -2.23. The quantitative estimate of drug-likeness (QED) is 0.201. The number of fused-ring (bicyclic) bond motifs is 3. The van der Waals surface area contributed by atoms with Gasteiger partial charge in [0.25, 0.3) is 0 Å². The zero-order valence-corrected chi connectivity index (χ0v) is 17.9. The molecule has 1 aliphatic carbocycles. The minimum absolute atomic E-state index is 0.212. The molecular weight excluding hydrogens is 400 g/mol. The van der Waals surface area contributed by atoms with E-state index in [4.69, 9.17) is 0 Å². The molecule has 0 saturated heterocycles. The summed E-state index contributed by atoms with van der Waals surface area (Å²) in [7, 11) is 0. The molecule has 0 amide bonds. The third kappa shape index (κ3) is 4.49. The van der Waals surface area contributed by atoms with Gasteiger partial charge in [-0.25, -0.2) is 17.6 Å². The summed E-state index contributed by atoms with van der Waals surface area (Å²) in [6.45, 7) is 2.18. The van der Waals surface area contributed by atoms with Crippen molar-refractivity contribution in [3.8, 4) is 0 Å². The minimum Gasteiger partial charge on any atom is -0.207 e. The van der Waals surface area contributed by atoms with Gasteiger partial charge in [-0.3, -0.25) is 0 Å². The molecule has 0 unspecified atom stereocenters. The number of hydrogen-bond acceptors (Lipinski definition) is 0. The molecule has 0 fully saturated rings. The fraction of sp³-hybridized carbons (Fsp3) is 0.407. The van der Waals surface area contributed by atoms with Crippen molar-refractivity contribution in [2.45, 2.75) is 64.2 Å². The van der Waals surface area contributed by atoms with Crippen molar-refractivity contribution in [2.75, 3.05) is 0 Å². The molecule has 0 nitrogen and oxygen atoms in total. The van der Waals surface area contributed by atoms with Crippen LogP contribution in [0.3, 0.4) is 0 Å². The summed E-state index contributed by atoms with van der Waals surface area (Å²) in [5.41, 5.74) is 2.48. The summed E-state index contributed by atoms with van der Waals surface area (Å²) in [5.74, 6) is -4.06. The third-order valence-corrected chi connectivity index (χ3v) is 6.75. The molecule has 4 rings (SSSR count). The van der Waals surface area contributed by atoms with E-state index in [1.54, 1.807) is 12.1 Å². The molecule has 0 bridgehead atoms. The fourth-order valence-electron chi connectivity index (χ4n) is 5.22. The van der Waals surface area contributed by atoms with Crippen LogP contribution in [-0.2, 0) is 6.42 Å². The molecule has 0 aliphatic heterocycles. The highest BCUT2D eigenvalue weighted by atomic mass is 19.2. The van der Waals surface area contributed by atoms with E-state index < -0.39 is 17.5 Å². The standard InChI is InChI=1S/C27H28F4/c1-2-3-4-5-6-7-18-10-12-21-22(13-9-17-8-11-20(28)16-23(17)21)26(18)19-14-24(29)27(31)25(30)15-19/h8-9,11,13-16,18,26H,2-7,10,12H2,1H3/t18-,26-/m1/s1. The summed E-state index contributed by atoms with van der Waals surface area (Å²) in [4.78, 5) is 0. The normalized spacial score (nSPS) is 18.4. The Morgan fingerprint density at radius 3 is 2.29 bits per heavy atom. The minimum atomic E-state index is -1.43. The first-order chi connectivity index (χ1) is 15.0. The van der Waals surface area contributed by atoms with Crippen LogP contribution in [0.15, 0.2) is 42.5 Å². The molecule has 31 heavy (non-hydrogen) atoms. The molecular formula is C27H28F4. The number of rotatable bonds is 7. The zero-order valence-electron chi connectivity index (χ0n) is 17.9. The van der Waals surface area contributed by atoms with E-state index in [0.29, 0.717) is 5.56 Å². The molecule has 0 radical (unpaired) electrons. The average Bonchev–Trinajstić information content (AvgIpc) is 2.76. The van der Waals surface area contributed by atoms with Gasteiger partial charge in [-0.15, -0.1) is 0 Å². The van der Waals surface area contributed by atoms with Gasteiger partial charge in [-0.05, 0) is 76.9 Å². The number of unbranched alkanes of at least 4 members (excludes halogenated alkanes) is 4. The maximum Gasteiger partial charge on any atom is 0.194 e. The summed E-state index contributed by atoms with van der Waals surface area (Å²) in [5, 5.41) is 1.81. The number of hydrogen-bond donors (Lipinski definition) is 0. The van der Waals surface area contributed by atoms with Crippen LogP contribution in [0.2, 0.25) is 0 Å². The largest absolute Gasteiger partial charge is 0.207 e. The monoisotopic (exact) mass is 428 g/mol. The lowest BCUT2D eigenvalue weighted by atomic mass is 9.69. The van der Waals surface area contributed by atoms with Crippen LogP contribution in [0.1, 0.15) is 74.5 Å². The second-order valence-electron chi connectivity index (χ2n) is 8.78. The van der Waals surface area contributed by atoms with Gasteiger partial charge in [-0.2, -0.15) is 0 Å². The lowest BCUT2D eigenvalue weighted by molar-refractivity contribution is 0.363. The Labute approximate surface area is 181 Å². The fourth-order valence-corrected chi connectivity index (χ4v) is 5.22. The predicted octanol–water partition coefficient (Wildman–Crippen LogP) is 8.45. The van der Waals surface area contributed by atoms with Gasteiger partial charge in [0.1, 0.15) is 5.82 Å². The van der Waals surface area contributed by atoms with Gasteiger partial charge in [0, 0.05) is 5.92 Å². The van der Waals surface area contributed by atoms with Crippen molar-refractivity contribution in [3.05, 3.63) is 82.4 Å². The molecule has 0 spiro atoms. The lowest BCUT2D eigenvalue weighted by Gasteiger charge is -2.35. The van der Waals surface area contributed by atoms with Gasteiger partial charge in [0.15, 0.2) is 17.5 Å². The summed E-state index contributed by atoms with van der Waals surface area (Å²) in [6, 6.07) is 11.0. The Hall–Kier alpha value is -2.36. The molecule has 1 aliphatic rings. The van der Waals surface area contributed by atoms with Crippen LogP contribution in [0.4, 0.5) is 17.6 Å². The molecule has 164 valence electrons. The first-order valence-electron chi connectivity index (χ1n) is 11.3. The Kier molecular flexibility index (Phi) is 6.64. The van der Waals surface area contributed by atoms with Crippen LogP contribution in [0, 0.1) is 29.2 Å². The van der Waals surface area contributed by atoms with Gasteiger partial charge < -0.3 is 0 Å². The maximum absolute atomic E-state index is 14.1. The van der Waals surface area contributed by atoms with Crippen LogP contribution in [0.5, 0.6) is 0 Å². The van der Waals surface area contributed by atoms with Crippen molar-refractivity contribution in [1.29, 1.82) is 0 Å². The van der Waals surface area contributed by atoms with E-state index in [0.717, 1.165) is 66.1 Å². The second kappa shape index (κ2) is 9.42. The first-order valence-corrected chi connectivity index (χ1v) is 11.3. The van der Waals surface area contributed by atoms with Crippen molar-refractivity contribution >= 4 is 10.8 Å². The number of aryl methyl sites for hydroxylation is 1. The number of halogens is 4. The van der Waals surface area contributed by atoms with Crippen molar-refractivity contribution in [3.63, 3.8) is 0 Å². The first kappa shape index (κ1) is 21.9. The molecule has 2 atom stereocenters. The zero-order chi connectivity index (χ0) is 22.0. The van der Waals surface area contributed by atoms with E-state index >= 15 is 0 Å². The maximum atomic E-state index is 14.1. The van der Waals surface area contributed by atoms with Crippen molar-refractivity contribution in [1.82, 2.24) is 0 Å². The molecule has 0 saturated carbocycles. The van der Waals surface area contributed by atoms with Crippen LogP contribution in [-0.4, -0.2) is 0 Å². The Morgan fingerprint density at radius 2 is 1.55 bits per heavy atom. The molecule has 4 heteroatoms. The average molecular weight is 429 g/mol. The van der Waals surface area contributed by atoms with Crippen LogP contribution >= 0.6 is 0 Å². The molecule has 0 heterocycles. The van der Waals surface area contributed by atoms with Gasteiger partial charge in [0.05, 0.1) is 0 Å². The molecule has 0 aromatic heterocycles. The second-order valence-corrected chi connectivity index (χ2v) is 8.78. The van der Waals surface area contributed by atoms with E-state index in [1.807, 2.05) is 12.1 Å². The highest BCUT2D eigenvalue weighted by Crippen LogP contribution is 2.45. The van der Waals surface area contributed by atoms with E-state index in [-0.39, 0.29) is 17.7 Å². The Morgan fingerprint density at radius 1 is 0.839 bits per heavy atom. The SMILES string of the molecule is CCCCCCC[C@@H]1CCc2c(ccc3ccc(F)cc23)[C@H]1c1cc(F)c(F)c(F)c1.